The van der Waals surface area contributed by atoms with Crippen molar-refractivity contribution >= 4 is 12.2 Å². The number of nitrogens with zero attached hydrogens (tertiary/aromatic N) is 1. The summed E-state index contributed by atoms with van der Waals surface area (Å²) in [4.78, 5) is 2.62. The number of rotatable bonds is 18. The fraction of sp³-hybridized carbons (Fsp3) is 0.515. The Morgan fingerprint density at radius 3 is 1.44 bits per heavy atom. The molecule has 2 aromatic carbocycles. The molecule has 0 aromatic heterocycles. The maximum Gasteiger partial charge on any atom is 0.0175 e. The van der Waals surface area contributed by atoms with E-state index in [2.05, 4.69) is 111 Å². The number of benzene rings is 2. The monoisotopic (exact) mass is 459 g/mol. The van der Waals surface area contributed by atoms with E-state index in [1.165, 1.54) is 81.8 Å². The molecule has 0 unspecified atom stereocenters. The Morgan fingerprint density at radius 2 is 1.00 bits per heavy atom. The van der Waals surface area contributed by atoms with E-state index in [0.717, 1.165) is 13.1 Å². The second-order valence-electron chi connectivity index (χ2n) is 10.3. The van der Waals surface area contributed by atoms with Crippen LogP contribution in [0.3, 0.4) is 0 Å². The fourth-order valence-electron chi connectivity index (χ4n) is 4.53. The maximum atomic E-state index is 2.62. The molecule has 1 heteroatoms. The predicted molar refractivity (Wildman–Crippen MR) is 153 cm³/mol. The summed E-state index contributed by atoms with van der Waals surface area (Å²) in [5, 5.41) is 0. The molecular formula is C33H49N. The molecular weight excluding hydrogens is 410 g/mol. The quantitative estimate of drug-likeness (QED) is 0.200. The van der Waals surface area contributed by atoms with Gasteiger partial charge in [-0.3, -0.25) is 4.90 Å². The number of hydrogen-bond acceptors (Lipinski definition) is 1. The van der Waals surface area contributed by atoms with Crippen molar-refractivity contribution in [2.24, 2.45) is 0 Å². The smallest absolute Gasteiger partial charge is 0.0175 e. The lowest BCUT2D eigenvalue weighted by Crippen LogP contribution is -2.44. The molecule has 186 valence electrons. The van der Waals surface area contributed by atoms with Gasteiger partial charge in [0, 0.05) is 18.6 Å². The molecule has 1 nitrogen and oxygen atoms in total. The number of hydrogen-bond donors (Lipinski definition) is 0. The Kier molecular flexibility index (Phi) is 14.3. The molecule has 0 N–H and O–H groups in total. The zero-order valence-corrected chi connectivity index (χ0v) is 22.2. The second-order valence-corrected chi connectivity index (χ2v) is 10.3. The van der Waals surface area contributed by atoms with Crippen LogP contribution in [-0.2, 0) is 0 Å². The van der Waals surface area contributed by atoms with Crippen LogP contribution in [0.5, 0.6) is 0 Å². The van der Waals surface area contributed by atoms with Crippen molar-refractivity contribution in [3.8, 4) is 0 Å². The summed E-state index contributed by atoms with van der Waals surface area (Å²) in [7, 11) is 0. The van der Waals surface area contributed by atoms with E-state index in [1.807, 2.05) is 0 Å². The Morgan fingerprint density at radius 1 is 0.588 bits per heavy atom. The van der Waals surface area contributed by atoms with Crippen molar-refractivity contribution in [1.82, 2.24) is 4.90 Å². The van der Waals surface area contributed by atoms with Crippen LogP contribution in [0.4, 0.5) is 0 Å². The van der Waals surface area contributed by atoms with E-state index in [-0.39, 0.29) is 5.54 Å². The Balaban J connectivity index is 1.81. The van der Waals surface area contributed by atoms with Crippen molar-refractivity contribution in [1.29, 1.82) is 0 Å². The second kappa shape index (κ2) is 17.3. The van der Waals surface area contributed by atoms with Gasteiger partial charge in [-0.1, -0.05) is 156 Å². The molecule has 0 spiro atoms. The predicted octanol–water partition coefficient (Wildman–Crippen LogP) is 9.80. The van der Waals surface area contributed by atoms with Gasteiger partial charge in [0.2, 0.25) is 0 Å². The first-order valence-electron chi connectivity index (χ1n) is 13.8. The van der Waals surface area contributed by atoms with E-state index in [1.54, 1.807) is 0 Å². The molecule has 0 atom stereocenters. The molecule has 0 heterocycles. The summed E-state index contributed by atoms with van der Waals surface area (Å²) in [6.45, 7) is 9.08. The van der Waals surface area contributed by atoms with Gasteiger partial charge in [0.05, 0.1) is 0 Å². The summed E-state index contributed by atoms with van der Waals surface area (Å²) >= 11 is 0. The summed E-state index contributed by atoms with van der Waals surface area (Å²) in [6.07, 6.45) is 24.4. The summed E-state index contributed by atoms with van der Waals surface area (Å²) < 4.78 is 0. The molecule has 0 aliphatic rings. The minimum absolute atomic E-state index is 0.183. The van der Waals surface area contributed by atoms with Crippen molar-refractivity contribution in [3.63, 3.8) is 0 Å². The normalized spacial score (nSPS) is 12.4. The molecule has 0 aliphatic carbocycles. The molecule has 0 bridgehead atoms. The average molecular weight is 460 g/mol. The highest BCUT2D eigenvalue weighted by Gasteiger charge is 2.24. The van der Waals surface area contributed by atoms with Crippen LogP contribution < -0.4 is 0 Å². The SMILES string of the molecule is CCCCCCCCCCCCC(C)(C)N(C/C=C/c1ccccc1)C/C=C/c1ccccc1. The van der Waals surface area contributed by atoms with Gasteiger partial charge in [0.15, 0.2) is 0 Å². The first kappa shape index (κ1) is 28.1. The molecule has 0 amide bonds. The standard InChI is InChI=1S/C33H49N/c1-4-5-6-7-8-9-10-11-12-19-28-33(2,3)34(29-20-26-31-22-15-13-16-23-31)30-21-27-32-24-17-14-18-25-32/h13-18,20-27H,4-12,19,28-30H2,1-3H3/b26-20+,27-21+. The molecule has 0 saturated carbocycles. The van der Waals surface area contributed by atoms with E-state index in [0.29, 0.717) is 0 Å². The van der Waals surface area contributed by atoms with Crippen LogP contribution in [0.1, 0.15) is 103 Å². The zero-order chi connectivity index (χ0) is 24.3. The minimum atomic E-state index is 0.183. The Bertz CT molecular complexity index is 736. The van der Waals surface area contributed by atoms with Crippen LogP contribution >= 0.6 is 0 Å². The van der Waals surface area contributed by atoms with E-state index >= 15 is 0 Å². The number of unbranched alkanes of at least 4 members (excludes halogenated alkanes) is 9. The highest BCUT2D eigenvalue weighted by molar-refractivity contribution is 5.49. The molecule has 0 radical (unpaired) electrons. The Labute approximate surface area is 211 Å². The van der Waals surface area contributed by atoms with E-state index in [4.69, 9.17) is 0 Å². The third-order valence-electron chi connectivity index (χ3n) is 6.87. The van der Waals surface area contributed by atoms with Gasteiger partial charge in [-0.15, -0.1) is 0 Å². The molecule has 2 rings (SSSR count). The third-order valence-corrected chi connectivity index (χ3v) is 6.87. The van der Waals surface area contributed by atoms with Crippen molar-refractivity contribution in [3.05, 3.63) is 83.9 Å². The largest absolute Gasteiger partial charge is 0.291 e. The van der Waals surface area contributed by atoms with Crippen LogP contribution in [-0.4, -0.2) is 23.5 Å². The van der Waals surface area contributed by atoms with Crippen molar-refractivity contribution < 1.29 is 0 Å². The molecule has 2 aromatic rings. The van der Waals surface area contributed by atoms with Crippen molar-refractivity contribution in [2.75, 3.05) is 13.1 Å². The minimum Gasteiger partial charge on any atom is -0.291 e. The zero-order valence-electron chi connectivity index (χ0n) is 22.2. The first-order valence-corrected chi connectivity index (χ1v) is 13.8. The van der Waals surface area contributed by atoms with E-state index < -0.39 is 0 Å². The fourth-order valence-corrected chi connectivity index (χ4v) is 4.53. The lowest BCUT2D eigenvalue weighted by atomic mass is 9.93. The average Bonchev–Trinajstić information content (AvgIpc) is 2.85. The van der Waals surface area contributed by atoms with Gasteiger partial charge in [-0.2, -0.15) is 0 Å². The molecule has 34 heavy (non-hydrogen) atoms. The van der Waals surface area contributed by atoms with Gasteiger partial charge in [-0.05, 0) is 31.4 Å². The molecule has 0 aliphatic heterocycles. The van der Waals surface area contributed by atoms with Crippen LogP contribution in [0.2, 0.25) is 0 Å². The lowest BCUT2D eigenvalue weighted by Gasteiger charge is -2.38. The van der Waals surface area contributed by atoms with Gasteiger partial charge in [0.1, 0.15) is 0 Å². The maximum absolute atomic E-state index is 2.62. The summed E-state index contributed by atoms with van der Waals surface area (Å²) in [5.41, 5.74) is 2.73. The highest BCUT2D eigenvalue weighted by Crippen LogP contribution is 2.23. The van der Waals surface area contributed by atoms with Gasteiger partial charge >= 0.3 is 0 Å². The van der Waals surface area contributed by atoms with Crippen LogP contribution in [0, 0.1) is 0 Å². The van der Waals surface area contributed by atoms with Crippen molar-refractivity contribution in [2.45, 2.75) is 96.9 Å². The summed E-state index contributed by atoms with van der Waals surface area (Å²) in [6, 6.07) is 21.3. The highest BCUT2D eigenvalue weighted by atomic mass is 15.2. The van der Waals surface area contributed by atoms with Gasteiger partial charge in [0.25, 0.3) is 0 Å². The molecule has 0 fully saturated rings. The lowest BCUT2D eigenvalue weighted by molar-refractivity contribution is 0.139. The molecule has 0 saturated heterocycles. The third kappa shape index (κ3) is 12.4. The van der Waals surface area contributed by atoms with E-state index in [9.17, 15) is 0 Å². The van der Waals surface area contributed by atoms with Crippen LogP contribution in [0.25, 0.3) is 12.2 Å². The van der Waals surface area contributed by atoms with Gasteiger partial charge < -0.3 is 0 Å². The summed E-state index contributed by atoms with van der Waals surface area (Å²) in [5.74, 6) is 0. The Hall–Kier alpha value is -2.12. The van der Waals surface area contributed by atoms with Gasteiger partial charge in [-0.25, -0.2) is 0 Å². The topological polar surface area (TPSA) is 3.24 Å². The first-order chi connectivity index (χ1) is 16.6. The van der Waals surface area contributed by atoms with Crippen LogP contribution in [0.15, 0.2) is 72.8 Å².